The number of carbonyl (C=O) groups excluding carboxylic acids is 2. The molecule has 0 saturated heterocycles. The van der Waals surface area contributed by atoms with Gasteiger partial charge in [0.1, 0.15) is 5.69 Å². The first-order valence-corrected chi connectivity index (χ1v) is 8.90. The summed E-state index contributed by atoms with van der Waals surface area (Å²) in [5.41, 5.74) is 1.90. The third-order valence-corrected chi connectivity index (χ3v) is 4.80. The van der Waals surface area contributed by atoms with Gasteiger partial charge >= 0.3 is 5.97 Å². The van der Waals surface area contributed by atoms with Crippen molar-refractivity contribution in [3.63, 3.8) is 0 Å². The number of thiophene rings is 1. The number of esters is 1. The van der Waals surface area contributed by atoms with E-state index in [1.54, 1.807) is 60.7 Å². The highest BCUT2D eigenvalue weighted by Crippen LogP contribution is 2.26. The number of amides is 1. The average Bonchev–Trinajstić information content (AvgIpc) is 3.23. The number of nitrogens with zero attached hydrogens (tertiary/aromatic N) is 2. The van der Waals surface area contributed by atoms with Crippen molar-refractivity contribution in [2.45, 2.75) is 6.10 Å². The number of aryl methyl sites for hydroxylation is 1. The average molecular weight is 373 g/mol. The van der Waals surface area contributed by atoms with E-state index in [1.807, 2.05) is 11.4 Å². The minimum Gasteiger partial charge on any atom is -0.443 e. The molecular weight excluding hydrogens is 354 g/mol. The van der Waals surface area contributed by atoms with E-state index in [1.165, 1.54) is 0 Å². The van der Waals surface area contributed by atoms with E-state index >= 15 is 0 Å². The zero-order chi connectivity index (χ0) is 18.5. The number of nitrogens with one attached hydrogen (secondary N) is 1. The van der Waals surface area contributed by atoms with Crippen LogP contribution in [0.25, 0.3) is 10.2 Å². The smallest absolute Gasteiger partial charge is 0.356 e. The molecule has 0 radical (unpaired) electrons. The van der Waals surface area contributed by atoms with Gasteiger partial charge in [-0.3, -0.25) is 9.78 Å². The summed E-state index contributed by atoms with van der Waals surface area (Å²) in [7, 11) is 3.35. The summed E-state index contributed by atoms with van der Waals surface area (Å²) in [6.45, 7) is 0.700. The number of rotatable bonds is 7. The highest BCUT2D eigenvalue weighted by Gasteiger charge is 2.27. The zero-order valence-corrected chi connectivity index (χ0v) is 15.3. The van der Waals surface area contributed by atoms with Crippen molar-refractivity contribution in [3.8, 4) is 0 Å². The van der Waals surface area contributed by atoms with Crippen LogP contribution < -0.4 is 5.32 Å². The predicted molar refractivity (Wildman–Crippen MR) is 98.1 cm³/mol. The van der Waals surface area contributed by atoms with Gasteiger partial charge in [-0.1, -0.05) is 0 Å². The van der Waals surface area contributed by atoms with Gasteiger partial charge in [0.2, 0.25) is 6.10 Å². The minimum atomic E-state index is -1.06. The molecule has 1 amide bonds. The lowest BCUT2D eigenvalue weighted by atomic mass is 10.1. The molecular formula is C18H19N3O4S. The van der Waals surface area contributed by atoms with Crippen molar-refractivity contribution < 1.29 is 19.1 Å². The Balaban J connectivity index is 1.82. The third-order valence-electron chi connectivity index (χ3n) is 3.95. The van der Waals surface area contributed by atoms with Gasteiger partial charge in [0.05, 0.1) is 16.8 Å². The van der Waals surface area contributed by atoms with Gasteiger partial charge in [0.25, 0.3) is 5.91 Å². The first-order chi connectivity index (χ1) is 12.6. The molecule has 3 aromatic rings. The second kappa shape index (κ2) is 8.11. The van der Waals surface area contributed by atoms with E-state index in [2.05, 4.69) is 10.3 Å². The maximum absolute atomic E-state index is 12.7. The summed E-state index contributed by atoms with van der Waals surface area (Å²) in [5, 5.41) is 4.67. The van der Waals surface area contributed by atoms with Crippen LogP contribution in [0.5, 0.6) is 0 Å². The van der Waals surface area contributed by atoms with Gasteiger partial charge in [0.15, 0.2) is 0 Å². The van der Waals surface area contributed by atoms with Crippen LogP contribution in [-0.2, 0) is 21.3 Å². The number of methoxy groups -OCH3 is 1. The highest BCUT2D eigenvalue weighted by molar-refractivity contribution is 7.17. The van der Waals surface area contributed by atoms with Crippen molar-refractivity contribution in [1.29, 1.82) is 0 Å². The monoisotopic (exact) mass is 373 g/mol. The van der Waals surface area contributed by atoms with Gasteiger partial charge in [-0.25, -0.2) is 4.79 Å². The number of fused-ring (bicyclic) bond motifs is 1. The Kier molecular flexibility index (Phi) is 5.65. The first kappa shape index (κ1) is 18.1. The predicted octanol–water partition coefficient (Wildman–Crippen LogP) is 2.30. The molecule has 0 saturated carbocycles. The van der Waals surface area contributed by atoms with Crippen molar-refractivity contribution in [1.82, 2.24) is 14.9 Å². The number of carbonyl (C=O) groups is 2. The number of aromatic nitrogens is 2. The molecule has 0 fully saturated rings. The molecule has 26 heavy (non-hydrogen) atoms. The van der Waals surface area contributed by atoms with Crippen LogP contribution in [0, 0.1) is 0 Å². The van der Waals surface area contributed by atoms with Crippen LogP contribution >= 0.6 is 11.3 Å². The lowest BCUT2D eigenvalue weighted by Crippen LogP contribution is -2.34. The lowest BCUT2D eigenvalue weighted by Gasteiger charge is -2.18. The lowest BCUT2D eigenvalue weighted by molar-refractivity contribution is -0.130. The highest BCUT2D eigenvalue weighted by atomic mass is 32.1. The number of pyridine rings is 1. The Labute approximate surface area is 154 Å². The Morgan fingerprint density at radius 3 is 2.77 bits per heavy atom. The molecule has 3 heterocycles. The van der Waals surface area contributed by atoms with Crippen LogP contribution in [-0.4, -0.2) is 41.7 Å². The van der Waals surface area contributed by atoms with Crippen LogP contribution in [0.4, 0.5) is 0 Å². The van der Waals surface area contributed by atoms with Gasteiger partial charge < -0.3 is 19.4 Å². The Bertz CT molecular complexity index is 904. The molecule has 7 nitrogen and oxygen atoms in total. The summed E-state index contributed by atoms with van der Waals surface area (Å²) in [6, 6.07) is 7.01. The fourth-order valence-corrected chi connectivity index (χ4v) is 3.44. The standard InChI is InChI=1S/C18H19N3O4S/c1-21-13-5-10-26-15(13)11-14(21)18(23)25-16(12-3-6-19-7-4-12)17(22)20-8-9-24-2/h3-7,10-11,16H,8-9H2,1-2H3,(H,20,22)/t16-/m0/s1. The number of hydrogen-bond donors (Lipinski definition) is 1. The summed E-state index contributed by atoms with van der Waals surface area (Å²) < 4.78 is 13.2. The van der Waals surface area contributed by atoms with Crippen LogP contribution in [0.1, 0.15) is 22.2 Å². The molecule has 8 heteroatoms. The van der Waals surface area contributed by atoms with Gasteiger partial charge in [0, 0.05) is 38.7 Å². The number of hydrogen-bond acceptors (Lipinski definition) is 6. The molecule has 0 aliphatic carbocycles. The van der Waals surface area contributed by atoms with E-state index in [9.17, 15) is 9.59 Å². The number of ether oxygens (including phenoxy) is 2. The van der Waals surface area contributed by atoms with E-state index < -0.39 is 18.0 Å². The fourth-order valence-electron chi connectivity index (χ4n) is 2.59. The molecule has 136 valence electrons. The molecule has 0 unspecified atom stereocenters. The maximum Gasteiger partial charge on any atom is 0.356 e. The second-order valence-corrected chi connectivity index (χ2v) is 6.56. The molecule has 0 aliphatic rings. The van der Waals surface area contributed by atoms with Crippen LogP contribution in [0.3, 0.4) is 0 Å². The van der Waals surface area contributed by atoms with Crippen LogP contribution in [0.2, 0.25) is 0 Å². The fraction of sp³-hybridized carbons (Fsp3) is 0.278. The molecule has 1 atom stereocenters. The molecule has 0 spiro atoms. The molecule has 0 bridgehead atoms. The summed E-state index contributed by atoms with van der Waals surface area (Å²) in [5.74, 6) is -0.961. The Morgan fingerprint density at radius 1 is 1.31 bits per heavy atom. The normalized spacial score (nSPS) is 12.1. The Morgan fingerprint density at radius 2 is 2.08 bits per heavy atom. The van der Waals surface area contributed by atoms with E-state index in [0.29, 0.717) is 24.4 Å². The molecule has 1 N–H and O–H groups in total. The van der Waals surface area contributed by atoms with Gasteiger partial charge in [-0.2, -0.15) is 0 Å². The summed E-state index contributed by atoms with van der Waals surface area (Å²) >= 11 is 1.54. The SMILES string of the molecule is COCCNC(=O)[C@@H](OC(=O)c1cc2sccc2n1C)c1ccncc1. The molecule has 3 aromatic heterocycles. The quantitative estimate of drug-likeness (QED) is 0.508. The van der Waals surface area contributed by atoms with Crippen molar-refractivity contribution in [3.05, 3.63) is 53.3 Å². The Hall–Kier alpha value is -2.71. The summed E-state index contributed by atoms with van der Waals surface area (Å²) in [4.78, 5) is 29.2. The first-order valence-electron chi connectivity index (χ1n) is 8.02. The van der Waals surface area contributed by atoms with Gasteiger partial charge in [-0.15, -0.1) is 11.3 Å². The zero-order valence-electron chi connectivity index (χ0n) is 14.5. The van der Waals surface area contributed by atoms with E-state index in [0.717, 1.165) is 10.2 Å². The molecule has 3 rings (SSSR count). The van der Waals surface area contributed by atoms with Gasteiger partial charge in [-0.05, 0) is 29.6 Å². The topological polar surface area (TPSA) is 82.5 Å². The van der Waals surface area contributed by atoms with Crippen molar-refractivity contribution in [2.24, 2.45) is 7.05 Å². The minimum absolute atomic E-state index is 0.328. The summed E-state index contributed by atoms with van der Waals surface area (Å²) in [6.07, 6.45) is 2.05. The van der Waals surface area contributed by atoms with Crippen molar-refractivity contribution >= 4 is 33.4 Å². The van der Waals surface area contributed by atoms with E-state index in [4.69, 9.17) is 9.47 Å². The van der Waals surface area contributed by atoms with Crippen molar-refractivity contribution in [2.75, 3.05) is 20.3 Å². The third kappa shape index (κ3) is 3.76. The molecule has 0 aliphatic heterocycles. The van der Waals surface area contributed by atoms with Crippen LogP contribution in [0.15, 0.2) is 42.0 Å². The largest absolute Gasteiger partial charge is 0.443 e. The maximum atomic E-state index is 12.7. The van der Waals surface area contributed by atoms with E-state index in [-0.39, 0.29) is 0 Å². The second-order valence-electron chi connectivity index (χ2n) is 5.61. The molecule has 0 aromatic carbocycles.